The van der Waals surface area contributed by atoms with Crippen LogP contribution in [-0.2, 0) is 6.54 Å². The zero-order valence-electron chi connectivity index (χ0n) is 13.6. The van der Waals surface area contributed by atoms with Crippen LogP contribution in [0.2, 0.25) is 0 Å². The average molecular weight is 321 g/mol. The van der Waals surface area contributed by atoms with E-state index in [1.807, 2.05) is 0 Å². The Bertz CT molecular complexity index is 491. The molecule has 22 heavy (non-hydrogen) atoms. The van der Waals surface area contributed by atoms with Crippen molar-refractivity contribution >= 4 is 11.8 Å². The Morgan fingerprint density at radius 2 is 1.95 bits per heavy atom. The van der Waals surface area contributed by atoms with Crippen LogP contribution in [0.5, 0.6) is 0 Å². The first-order valence-corrected chi connectivity index (χ1v) is 9.34. The molecule has 0 saturated carbocycles. The maximum Gasteiger partial charge on any atom is 0.0834 e. The van der Waals surface area contributed by atoms with E-state index in [0.717, 1.165) is 45.8 Å². The number of hydrogen-bond donors (Lipinski definition) is 1. The minimum atomic E-state index is -0.216. The van der Waals surface area contributed by atoms with Gasteiger partial charge in [-0.05, 0) is 31.0 Å². The zero-order chi connectivity index (χ0) is 15.5. The van der Waals surface area contributed by atoms with Crippen LogP contribution in [0, 0.1) is 0 Å². The molecule has 122 valence electrons. The summed E-state index contributed by atoms with van der Waals surface area (Å²) in [6.07, 6.45) is 1.90. The van der Waals surface area contributed by atoms with E-state index in [0.29, 0.717) is 6.04 Å². The Kier molecular flexibility index (Phi) is 5.42. The highest BCUT2D eigenvalue weighted by molar-refractivity contribution is 7.98. The van der Waals surface area contributed by atoms with E-state index in [2.05, 4.69) is 52.3 Å². The normalized spacial score (nSPS) is 28.3. The van der Waals surface area contributed by atoms with Crippen LogP contribution < -0.4 is 0 Å². The summed E-state index contributed by atoms with van der Waals surface area (Å²) in [6.45, 7) is 7.09. The number of piperazine rings is 1. The Hall–Kier alpha value is -0.590. The van der Waals surface area contributed by atoms with Gasteiger partial charge >= 0.3 is 0 Å². The highest BCUT2D eigenvalue weighted by Crippen LogP contribution is 2.22. The van der Waals surface area contributed by atoms with E-state index in [1.54, 1.807) is 11.8 Å². The van der Waals surface area contributed by atoms with Gasteiger partial charge in [-0.25, -0.2) is 0 Å². The third kappa shape index (κ3) is 3.84. The van der Waals surface area contributed by atoms with Gasteiger partial charge in [-0.2, -0.15) is 0 Å². The number of nitrogens with zero attached hydrogens (tertiary/aromatic N) is 3. The smallest absolute Gasteiger partial charge is 0.0834 e. The zero-order valence-corrected chi connectivity index (χ0v) is 14.4. The molecule has 3 rings (SSSR count). The summed E-state index contributed by atoms with van der Waals surface area (Å²) in [7, 11) is 2.17. The van der Waals surface area contributed by atoms with Gasteiger partial charge in [-0.1, -0.05) is 12.1 Å². The van der Waals surface area contributed by atoms with Gasteiger partial charge in [-0.3, -0.25) is 9.80 Å². The molecule has 1 N–H and O–H groups in total. The Morgan fingerprint density at radius 1 is 1.18 bits per heavy atom. The van der Waals surface area contributed by atoms with Crippen molar-refractivity contribution in [3.05, 3.63) is 29.8 Å². The van der Waals surface area contributed by atoms with E-state index in [9.17, 15) is 5.11 Å². The van der Waals surface area contributed by atoms with Gasteiger partial charge < -0.3 is 10.0 Å². The first-order valence-electron chi connectivity index (χ1n) is 8.11. The topological polar surface area (TPSA) is 30.0 Å². The number of thioether (sulfide) groups is 1. The molecular formula is C17H27N3OS. The fourth-order valence-corrected chi connectivity index (χ4v) is 4.00. The van der Waals surface area contributed by atoms with Crippen molar-refractivity contribution in [2.75, 3.05) is 52.6 Å². The highest BCUT2D eigenvalue weighted by Gasteiger charge is 2.36. The second-order valence-electron chi connectivity index (χ2n) is 6.52. The molecule has 2 fully saturated rings. The number of benzene rings is 1. The van der Waals surface area contributed by atoms with Gasteiger partial charge in [-0.15, -0.1) is 11.8 Å². The first kappa shape index (κ1) is 16.3. The van der Waals surface area contributed by atoms with Crippen molar-refractivity contribution in [3.63, 3.8) is 0 Å². The van der Waals surface area contributed by atoms with Crippen LogP contribution in [0.1, 0.15) is 5.56 Å². The van der Waals surface area contributed by atoms with E-state index in [1.165, 1.54) is 10.5 Å². The lowest BCUT2D eigenvalue weighted by Gasteiger charge is -2.37. The standard InChI is InChI=1S/C17H27N3OS/c1-18-6-8-20(9-7-18)16-12-19(13-17(16)21)11-14-4-3-5-15(10-14)22-2/h3-5,10,16-17,21H,6-9,11-13H2,1-2H3/t16-,17-/m1/s1. The second kappa shape index (κ2) is 7.32. The highest BCUT2D eigenvalue weighted by atomic mass is 32.2. The van der Waals surface area contributed by atoms with Crippen LogP contribution in [0.25, 0.3) is 0 Å². The fraction of sp³-hybridized carbons (Fsp3) is 0.647. The molecule has 2 saturated heterocycles. The molecule has 5 heteroatoms. The number of likely N-dealkylation sites (tertiary alicyclic amines) is 1. The van der Waals surface area contributed by atoms with Crippen LogP contribution in [0.3, 0.4) is 0 Å². The number of aliphatic hydroxyl groups is 1. The van der Waals surface area contributed by atoms with E-state index >= 15 is 0 Å². The molecule has 0 aliphatic carbocycles. The molecule has 1 aromatic rings. The monoisotopic (exact) mass is 321 g/mol. The first-order chi connectivity index (χ1) is 10.7. The molecule has 0 radical (unpaired) electrons. The second-order valence-corrected chi connectivity index (χ2v) is 7.40. The van der Waals surface area contributed by atoms with Crippen LogP contribution in [0.15, 0.2) is 29.2 Å². The van der Waals surface area contributed by atoms with E-state index < -0.39 is 0 Å². The summed E-state index contributed by atoms with van der Waals surface area (Å²) in [6, 6.07) is 9.04. The van der Waals surface area contributed by atoms with Crippen molar-refractivity contribution in [2.45, 2.75) is 23.6 Å². The predicted molar refractivity (Wildman–Crippen MR) is 92.4 cm³/mol. The maximum atomic E-state index is 10.5. The average Bonchev–Trinajstić information content (AvgIpc) is 2.89. The molecule has 2 atom stereocenters. The number of aliphatic hydroxyl groups excluding tert-OH is 1. The van der Waals surface area contributed by atoms with Gasteiger partial charge in [0, 0.05) is 56.8 Å². The van der Waals surface area contributed by atoms with Gasteiger partial charge in [0.05, 0.1) is 6.10 Å². The number of β-amino-alcohol motifs (C(OH)–C–C–N with tert-alkyl or cyclic N) is 1. The molecule has 0 amide bonds. The van der Waals surface area contributed by atoms with E-state index in [-0.39, 0.29) is 6.10 Å². The van der Waals surface area contributed by atoms with Crippen molar-refractivity contribution in [3.8, 4) is 0 Å². The number of likely N-dealkylation sites (N-methyl/N-ethyl adjacent to an activating group) is 1. The molecule has 0 unspecified atom stereocenters. The molecule has 0 aromatic heterocycles. The van der Waals surface area contributed by atoms with E-state index in [4.69, 9.17) is 0 Å². The van der Waals surface area contributed by atoms with Crippen molar-refractivity contribution < 1.29 is 5.11 Å². The van der Waals surface area contributed by atoms with Gasteiger partial charge in [0.1, 0.15) is 0 Å². The lowest BCUT2D eigenvalue weighted by atomic mass is 10.1. The van der Waals surface area contributed by atoms with Crippen molar-refractivity contribution in [1.82, 2.24) is 14.7 Å². The quantitative estimate of drug-likeness (QED) is 0.842. The molecule has 0 spiro atoms. The Morgan fingerprint density at radius 3 is 2.68 bits per heavy atom. The molecule has 2 aliphatic rings. The SMILES string of the molecule is CSc1cccc(CN2C[C@@H](O)[C@H](N3CCN(C)CC3)C2)c1. The van der Waals surface area contributed by atoms with Gasteiger partial charge in [0.25, 0.3) is 0 Å². The number of rotatable bonds is 4. The van der Waals surface area contributed by atoms with Crippen LogP contribution >= 0.6 is 11.8 Å². The predicted octanol–water partition coefficient (Wildman–Crippen LogP) is 1.20. The van der Waals surface area contributed by atoms with Crippen molar-refractivity contribution in [2.24, 2.45) is 0 Å². The molecule has 2 heterocycles. The summed E-state index contributed by atoms with van der Waals surface area (Å²) in [5, 5.41) is 10.5. The third-order valence-electron chi connectivity index (χ3n) is 4.88. The van der Waals surface area contributed by atoms with Gasteiger partial charge in [0.15, 0.2) is 0 Å². The van der Waals surface area contributed by atoms with Crippen LogP contribution in [0.4, 0.5) is 0 Å². The van der Waals surface area contributed by atoms with Gasteiger partial charge in [0.2, 0.25) is 0 Å². The van der Waals surface area contributed by atoms with Crippen molar-refractivity contribution in [1.29, 1.82) is 0 Å². The largest absolute Gasteiger partial charge is 0.390 e. The fourth-order valence-electron chi connectivity index (χ4n) is 3.52. The molecule has 1 aromatic carbocycles. The lowest BCUT2D eigenvalue weighted by Crippen LogP contribution is -2.52. The maximum absolute atomic E-state index is 10.5. The molecule has 0 bridgehead atoms. The number of hydrogen-bond acceptors (Lipinski definition) is 5. The lowest BCUT2D eigenvalue weighted by molar-refractivity contribution is 0.0512. The third-order valence-corrected chi connectivity index (χ3v) is 5.61. The molecule has 2 aliphatic heterocycles. The Labute approximate surface area is 138 Å². The summed E-state index contributed by atoms with van der Waals surface area (Å²) >= 11 is 1.78. The molecular weight excluding hydrogens is 294 g/mol. The molecule has 4 nitrogen and oxygen atoms in total. The Balaban J connectivity index is 1.58. The van der Waals surface area contributed by atoms with Crippen LogP contribution in [-0.4, -0.2) is 84.5 Å². The summed E-state index contributed by atoms with van der Waals surface area (Å²) in [5.41, 5.74) is 1.35. The minimum Gasteiger partial charge on any atom is -0.390 e. The summed E-state index contributed by atoms with van der Waals surface area (Å²) in [4.78, 5) is 8.55. The minimum absolute atomic E-state index is 0.216. The summed E-state index contributed by atoms with van der Waals surface area (Å²) < 4.78 is 0. The summed E-state index contributed by atoms with van der Waals surface area (Å²) in [5.74, 6) is 0.